The van der Waals surface area contributed by atoms with E-state index in [9.17, 15) is 9.18 Å². The van der Waals surface area contributed by atoms with Crippen LogP contribution in [0.2, 0.25) is 0 Å². The fraction of sp³-hybridized carbons (Fsp3) is 0.739. The first-order valence-electron chi connectivity index (χ1n) is 11.7. The normalized spacial score (nSPS) is 23.2. The number of halogens is 1. The van der Waals surface area contributed by atoms with Gasteiger partial charge < -0.3 is 10.2 Å². The van der Waals surface area contributed by atoms with Crippen LogP contribution < -0.4 is 10.2 Å². The van der Waals surface area contributed by atoms with Gasteiger partial charge in [0.05, 0.1) is 0 Å². The van der Waals surface area contributed by atoms with Gasteiger partial charge in [0.25, 0.3) is 5.91 Å². The molecule has 1 N–H and O–H groups in total. The molecule has 3 aliphatic rings. The van der Waals surface area contributed by atoms with E-state index in [0.717, 1.165) is 70.9 Å². The van der Waals surface area contributed by atoms with Crippen molar-refractivity contribution in [3.63, 3.8) is 0 Å². The summed E-state index contributed by atoms with van der Waals surface area (Å²) in [5, 5.41) is 3.01. The molecule has 1 unspecified atom stereocenters. The Morgan fingerprint density at radius 3 is 2.67 bits per heavy atom. The van der Waals surface area contributed by atoms with Gasteiger partial charge in [0, 0.05) is 57.9 Å². The smallest absolute Gasteiger partial charge is 0.269 e. The Hall–Kier alpha value is -1.73. The predicted molar refractivity (Wildman–Crippen MR) is 118 cm³/mol. The van der Waals surface area contributed by atoms with Crippen LogP contribution in [-0.2, 0) is 0 Å². The maximum atomic E-state index is 13.0. The standard InChI is InChI=1S/C23H36FN5O/c1-18(16-24)27-12-8-20(9-13-27)28-10-3-11-29(15-14-28)22-5-2-4-21(26-22)23(30)25-17-19-6-7-19/h2,4-5,18-20H,3,6-17H2,1H3,(H,25,30). The van der Waals surface area contributed by atoms with E-state index in [1.165, 1.54) is 12.8 Å². The van der Waals surface area contributed by atoms with Crippen molar-refractivity contribution in [1.29, 1.82) is 0 Å². The molecule has 0 bridgehead atoms. The van der Waals surface area contributed by atoms with Gasteiger partial charge in [-0.3, -0.25) is 14.6 Å². The van der Waals surface area contributed by atoms with Gasteiger partial charge in [0.1, 0.15) is 18.2 Å². The summed E-state index contributed by atoms with van der Waals surface area (Å²) in [6, 6.07) is 6.41. The average molecular weight is 418 g/mol. The van der Waals surface area contributed by atoms with Crippen molar-refractivity contribution in [3.05, 3.63) is 23.9 Å². The van der Waals surface area contributed by atoms with Crippen LogP contribution in [0.25, 0.3) is 0 Å². The van der Waals surface area contributed by atoms with E-state index in [1.807, 2.05) is 25.1 Å². The molecule has 6 nitrogen and oxygen atoms in total. The number of hydrogen-bond acceptors (Lipinski definition) is 5. The summed E-state index contributed by atoms with van der Waals surface area (Å²) in [5.41, 5.74) is 0.517. The molecule has 1 atom stereocenters. The number of aromatic nitrogens is 1. The van der Waals surface area contributed by atoms with Gasteiger partial charge in [0.2, 0.25) is 0 Å². The number of carbonyl (C=O) groups is 1. The summed E-state index contributed by atoms with van der Waals surface area (Å²) in [6.07, 6.45) is 5.80. The second-order valence-corrected chi connectivity index (χ2v) is 9.18. The molecule has 30 heavy (non-hydrogen) atoms. The fourth-order valence-electron chi connectivity index (χ4n) is 4.70. The van der Waals surface area contributed by atoms with E-state index in [2.05, 4.69) is 25.0 Å². The van der Waals surface area contributed by atoms with Gasteiger partial charge in [0.15, 0.2) is 0 Å². The zero-order valence-corrected chi connectivity index (χ0v) is 18.2. The van der Waals surface area contributed by atoms with Gasteiger partial charge in [-0.25, -0.2) is 9.37 Å². The molecule has 3 heterocycles. The molecule has 1 saturated carbocycles. The van der Waals surface area contributed by atoms with Crippen LogP contribution in [0.15, 0.2) is 18.2 Å². The largest absolute Gasteiger partial charge is 0.355 e. The van der Waals surface area contributed by atoms with Crippen molar-refractivity contribution < 1.29 is 9.18 Å². The van der Waals surface area contributed by atoms with E-state index in [4.69, 9.17) is 0 Å². The van der Waals surface area contributed by atoms with Gasteiger partial charge in [-0.2, -0.15) is 0 Å². The van der Waals surface area contributed by atoms with Crippen molar-refractivity contribution in [3.8, 4) is 0 Å². The minimum atomic E-state index is -0.256. The number of anilines is 1. The second kappa shape index (κ2) is 10.1. The number of amides is 1. The first kappa shape index (κ1) is 21.5. The van der Waals surface area contributed by atoms with Gasteiger partial charge in [-0.15, -0.1) is 0 Å². The molecule has 1 aromatic rings. The van der Waals surface area contributed by atoms with Crippen molar-refractivity contribution in [2.75, 3.05) is 57.4 Å². The third-order valence-corrected chi connectivity index (χ3v) is 6.93. The Kier molecular flexibility index (Phi) is 7.20. The number of pyridine rings is 1. The van der Waals surface area contributed by atoms with Crippen LogP contribution in [0.1, 0.15) is 49.5 Å². The topological polar surface area (TPSA) is 51.7 Å². The molecule has 2 saturated heterocycles. The lowest BCUT2D eigenvalue weighted by molar-refractivity contribution is 0.0833. The summed E-state index contributed by atoms with van der Waals surface area (Å²) < 4.78 is 13.0. The molecule has 7 heteroatoms. The Bertz CT molecular complexity index is 705. The zero-order chi connectivity index (χ0) is 20.9. The van der Waals surface area contributed by atoms with E-state index in [-0.39, 0.29) is 18.6 Å². The average Bonchev–Trinajstić information content (AvgIpc) is 3.64. The highest BCUT2D eigenvalue weighted by atomic mass is 19.1. The van der Waals surface area contributed by atoms with E-state index < -0.39 is 0 Å². The molecule has 0 radical (unpaired) electrons. The highest BCUT2D eigenvalue weighted by Gasteiger charge is 2.28. The van der Waals surface area contributed by atoms with Crippen molar-refractivity contribution in [2.45, 2.75) is 51.1 Å². The number of nitrogens with zero attached hydrogens (tertiary/aromatic N) is 4. The number of piperidine rings is 1. The molecule has 1 amide bonds. The molecule has 2 aliphatic heterocycles. The van der Waals surface area contributed by atoms with Crippen molar-refractivity contribution in [1.82, 2.24) is 20.1 Å². The first-order valence-corrected chi connectivity index (χ1v) is 11.7. The van der Waals surface area contributed by atoms with Crippen LogP contribution in [0, 0.1) is 5.92 Å². The summed E-state index contributed by atoms with van der Waals surface area (Å²) in [6.45, 7) is 8.50. The number of nitrogens with one attached hydrogen (secondary N) is 1. The zero-order valence-electron chi connectivity index (χ0n) is 18.2. The first-order chi connectivity index (χ1) is 14.6. The summed E-state index contributed by atoms with van der Waals surface area (Å²) in [5.74, 6) is 1.51. The minimum Gasteiger partial charge on any atom is -0.355 e. The Labute approximate surface area is 179 Å². The predicted octanol–water partition coefficient (Wildman–Crippen LogP) is 2.56. The van der Waals surface area contributed by atoms with Crippen molar-refractivity contribution >= 4 is 11.7 Å². The second-order valence-electron chi connectivity index (χ2n) is 9.18. The fourth-order valence-corrected chi connectivity index (χ4v) is 4.70. The van der Waals surface area contributed by atoms with Crippen LogP contribution in [0.4, 0.5) is 10.2 Å². The SMILES string of the molecule is CC(CF)N1CCC(N2CCCN(c3cccc(C(=O)NCC4CC4)n3)CC2)CC1. The van der Waals surface area contributed by atoms with E-state index in [1.54, 1.807) is 0 Å². The molecule has 4 rings (SSSR count). The summed E-state index contributed by atoms with van der Waals surface area (Å²) >= 11 is 0. The molecular weight excluding hydrogens is 381 g/mol. The van der Waals surface area contributed by atoms with Crippen LogP contribution in [0.5, 0.6) is 0 Å². The highest BCUT2D eigenvalue weighted by molar-refractivity contribution is 5.92. The molecule has 0 spiro atoms. The quantitative estimate of drug-likeness (QED) is 0.739. The monoisotopic (exact) mass is 417 g/mol. The third kappa shape index (κ3) is 5.49. The van der Waals surface area contributed by atoms with Crippen LogP contribution in [0.3, 0.4) is 0 Å². The van der Waals surface area contributed by atoms with E-state index in [0.29, 0.717) is 17.7 Å². The molecule has 166 valence electrons. The number of carbonyl (C=O) groups excluding carboxylic acids is 1. The highest BCUT2D eigenvalue weighted by Crippen LogP contribution is 2.27. The van der Waals surface area contributed by atoms with E-state index >= 15 is 0 Å². The lowest BCUT2D eigenvalue weighted by Crippen LogP contribution is -2.48. The number of hydrogen-bond donors (Lipinski definition) is 1. The third-order valence-electron chi connectivity index (χ3n) is 6.93. The lowest BCUT2D eigenvalue weighted by Gasteiger charge is -2.39. The molecular formula is C23H36FN5O. The summed E-state index contributed by atoms with van der Waals surface area (Å²) in [4.78, 5) is 24.3. The Morgan fingerprint density at radius 2 is 1.93 bits per heavy atom. The Morgan fingerprint density at radius 1 is 1.13 bits per heavy atom. The number of rotatable bonds is 7. The maximum Gasteiger partial charge on any atom is 0.269 e. The molecule has 3 fully saturated rings. The Balaban J connectivity index is 1.30. The number of alkyl halides is 1. The summed E-state index contributed by atoms with van der Waals surface area (Å²) in [7, 11) is 0. The lowest BCUT2D eigenvalue weighted by atomic mass is 10.0. The number of likely N-dealkylation sites (tertiary alicyclic amines) is 1. The van der Waals surface area contributed by atoms with Crippen molar-refractivity contribution in [2.24, 2.45) is 5.92 Å². The molecule has 1 aliphatic carbocycles. The molecule has 1 aromatic heterocycles. The van der Waals surface area contributed by atoms with Crippen LogP contribution >= 0.6 is 0 Å². The molecule has 0 aromatic carbocycles. The van der Waals surface area contributed by atoms with Crippen LogP contribution in [-0.4, -0.2) is 85.3 Å². The van der Waals surface area contributed by atoms with Gasteiger partial charge in [-0.05, 0) is 57.1 Å². The minimum absolute atomic E-state index is 0.0467. The van der Waals surface area contributed by atoms with Gasteiger partial charge in [-0.1, -0.05) is 6.07 Å². The van der Waals surface area contributed by atoms with Gasteiger partial charge >= 0.3 is 0 Å². The maximum absolute atomic E-state index is 13.0.